The maximum Gasteiger partial charge on any atom is 0.164 e. The molecule has 1 saturated carbocycles. The van der Waals surface area contributed by atoms with E-state index in [2.05, 4.69) is 17.6 Å². The maximum atomic E-state index is 12.0. The molecular formula is C16H23NO. The van der Waals surface area contributed by atoms with Gasteiger partial charge in [0.25, 0.3) is 0 Å². The summed E-state index contributed by atoms with van der Waals surface area (Å²) in [6, 6.07) is 2.80. The number of hydrogen-bond acceptors (Lipinski definition) is 1. The van der Waals surface area contributed by atoms with E-state index in [1.807, 2.05) is 0 Å². The fraction of sp³-hybridized carbons (Fsp3) is 0.688. The van der Waals surface area contributed by atoms with E-state index in [0.29, 0.717) is 11.8 Å². The number of nitrogens with zero attached hydrogens (tertiary/aromatic N) is 1. The zero-order chi connectivity index (χ0) is 12.5. The van der Waals surface area contributed by atoms with Crippen LogP contribution in [0.4, 0.5) is 0 Å². The van der Waals surface area contributed by atoms with Gasteiger partial charge in [-0.2, -0.15) is 0 Å². The summed E-state index contributed by atoms with van der Waals surface area (Å²) in [4.78, 5) is 12.0. The van der Waals surface area contributed by atoms with Crippen molar-refractivity contribution in [2.45, 2.75) is 70.8 Å². The quantitative estimate of drug-likeness (QED) is 0.679. The number of hydrogen-bond donors (Lipinski definition) is 0. The Morgan fingerprint density at radius 3 is 2.50 bits per heavy atom. The van der Waals surface area contributed by atoms with E-state index in [-0.39, 0.29) is 0 Å². The molecule has 2 nitrogen and oxygen atoms in total. The summed E-state index contributed by atoms with van der Waals surface area (Å²) in [7, 11) is 0. The Balaban J connectivity index is 1.98. The Kier molecular flexibility index (Phi) is 3.27. The van der Waals surface area contributed by atoms with Gasteiger partial charge >= 0.3 is 0 Å². The molecule has 3 rings (SSSR count). The fourth-order valence-corrected chi connectivity index (χ4v) is 3.78. The van der Waals surface area contributed by atoms with E-state index in [4.69, 9.17) is 0 Å². The molecule has 0 spiro atoms. The van der Waals surface area contributed by atoms with Crippen molar-refractivity contribution in [2.24, 2.45) is 0 Å². The molecule has 0 saturated heterocycles. The van der Waals surface area contributed by atoms with Crippen molar-refractivity contribution in [3.63, 3.8) is 0 Å². The van der Waals surface area contributed by atoms with Crippen molar-refractivity contribution in [1.82, 2.24) is 4.57 Å². The normalized spacial score (nSPS) is 21.7. The molecule has 0 N–H and O–H groups in total. The van der Waals surface area contributed by atoms with Crippen LogP contribution in [0, 0.1) is 6.92 Å². The third kappa shape index (κ3) is 2.02. The molecule has 1 fully saturated rings. The highest BCUT2D eigenvalue weighted by Gasteiger charge is 2.26. The molecule has 1 aromatic rings. The Hall–Kier alpha value is -1.05. The average molecular weight is 245 g/mol. The van der Waals surface area contributed by atoms with Crippen molar-refractivity contribution >= 4 is 5.78 Å². The number of fused-ring (bicyclic) bond motifs is 1. The molecule has 1 aromatic heterocycles. The van der Waals surface area contributed by atoms with Crippen LogP contribution in [0.3, 0.4) is 0 Å². The number of aryl methyl sites for hydroxylation is 1. The molecule has 0 aromatic carbocycles. The third-order valence-corrected chi connectivity index (χ3v) is 4.64. The highest BCUT2D eigenvalue weighted by atomic mass is 16.1. The lowest BCUT2D eigenvalue weighted by Gasteiger charge is -2.24. The van der Waals surface area contributed by atoms with Crippen molar-refractivity contribution in [1.29, 1.82) is 0 Å². The molecule has 18 heavy (non-hydrogen) atoms. The van der Waals surface area contributed by atoms with Gasteiger partial charge in [0.15, 0.2) is 5.78 Å². The van der Waals surface area contributed by atoms with Gasteiger partial charge in [-0.25, -0.2) is 0 Å². The van der Waals surface area contributed by atoms with Gasteiger partial charge in [0.2, 0.25) is 0 Å². The maximum absolute atomic E-state index is 12.0. The first-order valence-electron chi connectivity index (χ1n) is 7.51. The first kappa shape index (κ1) is 12.0. The fourth-order valence-electron chi connectivity index (χ4n) is 3.78. The minimum Gasteiger partial charge on any atom is -0.345 e. The summed E-state index contributed by atoms with van der Waals surface area (Å²) in [5, 5.41) is 0. The van der Waals surface area contributed by atoms with Crippen LogP contribution in [-0.2, 0) is 6.42 Å². The molecule has 2 heteroatoms. The molecule has 0 atom stereocenters. The first-order valence-corrected chi connectivity index (χ1v) is 7.51. The molecule has 2 aliphatic rings. The predicted octanol–water partition coefficient (Wildman–Crippen LogP) is 4.21. The number of ketones is 1. The van der Waals surface area contributed by atoms with E-state index in [1.165, 1.54) is 49.9 Å². The van der Waals surface area contributed by atoms with Crippen LogP contribution in [0.5, 0.6) is 0 Å². The lowest BCUT2D eigenvalue weighted by molar-refractivity contribution is 0.0971. The summed E-state index contributed by atoms with van der Waals surface area (Å²) < 4.78 is 2.51. The number of aromatic nitrogens is 1. The summed E-state index contributed by atoms with van der Waals surface area (Å²) >= 11 is 0. The number of rotatable bonds is 1. The summed E-state index contributed by atoms with van der Waals surface area (Å²) in [5.41, 5.74) is 3.68. The van der Waals surface area contributed by atoms with Crippen LogP contribution in [0.15, 0.2) is 6.07 Å². The molecule has 0 bridgehead atoms. The Bertz CT molecular complexity index is 450. The van der Waals surface area contributed by atoms with E-state index in [1.54, 1.807) is 0 Å². The Morgan fingerprint density at radius 1 is 1.06 bits per heavy atom. The largest absolute Gasteiger partial charge is 0.345 e. The second-order valence-corrected chi connectivity index (χ2v) is 5.94. The van der Waals surface area contributed by atoms with Gasteiger partial charge in [-0.05, 0) is 38.7 Å². The molecule has 0 amide bonds. The summed E-state index contributed by atoms with van der Waals surface area (Å²) in [6.45, 7) is 2.18. The molecule has 0 aliphatic heterocycles. The van der Waals surface area contributed by atoms with Gasteiger partial charge < -0.3 is 4.57 Å². The number of carbonyl (C=O) groups excluding carboxylic acids is 1. The van der Waals surface area contributed by atoms with Crippen LogP contribution in [0.25, 0.3) is 0 Å². The molecule has 1 heterocycles. The molecular weight excluding hydrogens is 222 g/mol. The van der Waals surface area contributed by atoms with Crippen LogP contribution < -0.4 is 0 Å². The SMILES string of the molecule is Cc1cc2c(n1C1CCCCCC1)CCCC2=O. The van der Waals surface area contributed by atoms with Crippen LogP contribution in [-0.4, -0.2) is 10.4 Å². The van der Waals surface area contributed by atoms with Gasteiger partial charge in [0.05, 0.1) is 0 Å². The van der Waals surface area contributed by atoms with Crippen LogP contribution in [0.2, 0.25) is 0 Å². The highest BCUT2D eigenvalue weighted by molar-refractivity contribution is 5.98. The van der Waals surface area contributed by atoms with Gasteiger partial charge in [-0.1, -0.05) is 25.7 Å². The van der Waals surface area contributed by atoms with Gasteiger partial charge in [0, 0.05) is 29.4 Å². The van der Waals surface area contributed by atoms with E-state index >= 15 is 0 Å². The molecule has 98 valence electrons. The lowest BCUT2D eigenvalue weighted by atomic mass is 9.96. The summed E-state index contributed by atoms with van der Waals surface area (Å²) in [5.74, 6) is 0.367. The standard InChI is InChI=1S/C16H23NO/c1-12-11-14-15(9-6-10-16(14)18)17(12)13-7-4-2-3-5-8-13/h11,13H,2-10H2,1H3. The van der Waals surface area contributed by atoms with Crippen LogP contribution in [0.1, 0.15) is 79.2 Å². The van der Waals surface area contributed by atoms with Crippen molar-refractivity contribution in [2.75, 3.05) is 0 Å². The third-order valence-electron chi connectivity index (χ3n) is 4.64. The van der Waals surface area contributed by atoms with Gasteiger partial charge in [-0.3, -0.25) is 4.79 Å². The molecule has 2 aliphatic carbocycles. The minimum absolute atomic E-state index is 0.367. The predicted molar refractivity (Wildman–Crippen MR) is 73.2 cm³/mol. The zero-order valence-corrected chi connectivity index (χ0v) is 11.4. The number of Topliss-reactive ketones (excluding diaryl/α,β-unsaturated/α-hetero) is 1. The van der Waals surface area contributed by atoms with Crippen molar-refractivity contribution in [3.05, 3.63) is 23.0 Å². The Labute approximate surface area is 109 Å². The highest BCUT2D eigenvalue weighted by Crippen LogP contribution is 2.34. The first-order chi connectivity index (χ1) is 8.77. The van der Waals surface area contributed by atoms with Gasteiger partial charge in [0.1, 0.15) is 0 Å². The zero-order valence-electron chi connectivity index (χ0n) is 11.4. The lowest BCUT2D eigenvalue weighted by Crippen LogP contribution is -2.17. The van der Waals surface area contributed by atoms with E-state index in [0.717, 1.165) is 24.8 Å². The van der Waals surface area contributed by atoms with Gasteiger partial charge in [-0.15, -0.1) is 0 Å². The van der Waals surface area contributed by atoms with E-state index in [9.17, 15) is 4.79 Å². The summed E-state index contributed by atoms with van der Waals surface area (Å²) in [6.07, 6.45) is 11.0. The molecule has 0 radical (unpaired) electrons. The molecule has 0 unspecified atom stereocenters. The van der Waals surface area contributed by atoms with Crippen molar-refractivity contribution < 1.29 is 4.79 Å². The number of carbonyl (C=O) groups is 1. The van der Waals surface area contributed by atoms with Crippen LogP contribution >= 0.6 is 0 Å². The van der Waals surface area contributed by atoms with E-state index < -0.39 is 0 Å². The monoisotopic (exact) mass is 245 g/mol. The second-order valence-electron chi connectivity index (χ2n) is 5.94. The Morgan fingerprint density at radius 2 is 1.78 bits per heavy atom. The topological polar surface area (TPSA) is 22.0 Å². The van der Waals surface area contributed by atoms with Crippen molar-refractivity contribution in [3.8, 4) is 0 Å². The second kappa shape index (κ2) is 4.91. The smallest absolute Gasteiger partial charge is 0.164 e. The average Bonchev–Trinajstić information content (AvgIpc) is 2.54. The minimum atomic E-state index is 0.367.